The summed E-state index contributed by atoms with van der Waals surface area (Å²) in [5.74, 6) is 0.296. The fourth-order valence-electron chi connectivity index (χ4n) is 4.12. The lowest BCUT2D eigenvalue weighted by atomic mass is 9.78. The van der Waals surface area contributed by atoms with Gasteiger partial charge in [-0.15, -0.1) is 0 Å². The Bertz CT molecular complexity index is 1070. The molecule has 2 N–H and O–H groups in total. The van der Waals surface area contributed by atoms with Gasteiger partial charge in [0.05, 0.1) is 24.5 Å². The summed E-state index contributed by atoms with van der Waals surface area (Å²) in [6, 6.07) is 16.3. The number of rotatable bonds is 6. The normalized spacial score (nSPS) is 14.8. The van der Waals surface area contributed by atoms with Crippen LogP contribution in [-0.4, -0.2) is 18.9 Å². The average molecular weight is 483 g/mol. The molecule has 31 heavy (non-hydrogen) atoms. The molecule has 1 heterocycles. The largest absolute Gasteiger partial charge is 0.495 e. The number of halogens is 1. The third-order valence-corrected chi connectivity index (χ3v) is 6.27. The van der Waals surface area contributed by atoms with Crippen LogP contribution in [0, 0.1) is 0 Å². The Kier molecular flexibility index (Phi) is 6.13. The first-order valence-corrected chi connectivity index (χ1v) is 10.9. The van der Waals surface area contributed by atoms with Gasteiger partial charge in [-0.25, -0.2) is 0 Å². The second-order valence-corrected chi connectivity index (χ2v) is 8.51. The van der Waals surface area contributed by atoms with Crippen LogP contribution >= 0.6 is 15.9 Å². The summed E-state index contributed by atoms with van der Waals surface area (Å²) in [4.78, 5) is 25.8. The van der Waals surface area contributed by atoms with Gasteiger partial charge >= 0.3 is 0 Å². The van der Waals surface area contributed by atoms with E-state index < -0.39 is 5.41 Å². The second kappa shape index (κ2) is 8.98. The van der Waals surface area contributed by atoms with Gasteiger partial charge < -0.3 is 19.8 Å². The highest BCUT2D eigenvalue weighted by molar-refractivity contribution is 9.10. The fraction of sp³-hybridized carbons (Fsp3) is 0.250. The van der Waals surface area contributed by atoms with Crippen LogP contribution in [0.5, 0.6) is 5.75 Å². The molecule has 1 aliphatic carbocycles. The number of furan rings is 1. The monoisotopic (exact) mass is 482 g/mol. The summed E-state index contributed by atoms with van der Waals surface area (Å²) >= 11 is 3.46. The first-order chi connectivity index (χ1) is 15.0. The molecule has 0 atom stereocenters. The Labute approximate surface area is 189 Å². The van der Waals surface area contributed by atoms with Crippen molar-refractivity contribution < 1.29 is 18.7 Å². The van der Waals surface area contributed by atoms with Gasteiger partial charge in [0.15, 0.2) is 5.76 Å². The number of carbonyl (C=O) groups is 2. The van der Waals surface area contributed by atoms with E-state index in [4.69, 9.17) is 9.15 Å². The second-order valence-electron chi connectivity index (χ2n) is 7.60. The zero-order valence-corrected chi connectivity index (χ0v) is 18.7. The molecule has 1 saturated carbocycles. The van der Waals surface area contributed by atoms with Gasteiger partial charge in [-0.2, -0.15) is 0 Å². The predicted octanol–water partition coefficient (Wildman–Crippen LogP) is 5.75. The lowest BCUT2D eigenvalue weighted by molar-refractivity contribution is -0.121. The van der Waals surface area contributed by atoms with Crippen LogP contribution in [0.25, 0.3) is 0 Å². The molecule has 0 saturated heterocycles. The van der Waals surface area contributed by atoms with Crippen molar-refractivity contribution in [2.45, 2.75) is 31.1 Å². The highest BCUT2D eigenvalue weighted by Crippen LogP contribution is 2.43. The molecule has 2 aromatic carbocycles. The van der Waals surface area contributed by atoms with Crippen molar-refractivity contribution in [3.8, 4) is 5.75 Å². The molecule has 0 spiro atoms. The molecule has 1 fully saturated rings. The molecule has 0 unspecified atom stereocenters. The van der Waals surface area contributed by atoms with Crippen LogP contribution in [0.4, 0.5) is 11.4 Å². The zero-order chi connectivity index (χ0) is 21.8. The average Bonchev–Trinajstić information content (AvgIpc) is 3.48. The Balaban J connectivity index is 1.60. The maximum atomic E-state index is 13.5. The standard InChI is InChI=1S/C24H23BrN2O4/c1-30-20-11-10-18(26-22(28)21-5-4-14-31-21)15-19(20)27-23(29)24(12-2-3-13-24)16-6-8-17(25)9-7-16/h4-11,14-15H,2-3,12-13H2,1H3,(H,26,28)(H,27,29). The van der Waals surface area contributed by atoms with Gasteiger partial charge in [-0.3, -0.25) is 9.59 Å². The maximum Gasteiger partial charge on any atom is 0.291 e. The molecule has 3 aromatic rings. The van der Waals surface area contributed by atoms with Gasteiger partial charge in [0, 0.05) is 10.2 Å². The smallest absolute Gasteiger partial charge is 0.291 e. The van der Waals surface area contributed by atoms with E-state index in [-0.39, 0.29) is 17.6 Å². The van der Waals surface area contributed by atoms with Crippen LogP contribution < -0.4 is 15.4 Å². The summed E-state index contributed by atoms with van der Waals surface area (Å²) in [5, 5.41) is 5.84. The Morgan fingerprint density at radius 3 is 2.42 bits per heavy atom. The van der Waals surface area contributed by atoms with E-state index in [0.717, 1.165) is 35.7 Å². The lowest BCUT2D eigenvalue weighted by Crippen LogP contribution is -2.38. The Morgan fingerprint density at radius 1 is 1.03 bits per heavy atom. The van der Waals surface area contributed by atoms with Crippen molar-refractivity contribution in [1.29, 1.82) is 0 Å². The third kappa shape index (κ3) is 4.37. The van der Waals surface area contributed by atoms with Gasteiger partial charge in [-0.05, 0) is 60.9 Å². The number of anilines is 2. The van der Waals surface area contributed by atoms with Crippen molar-refractivity contribution in [3.05, 3.63) is 76.7 Å². The Hall–Kier alpha value is -3.06. The number of amides is 2. The molecule has 4 rings (SSSR count). The van der Waals surface area contributed by atoms with Crippen LogP contribution in [0.15, 0.2) is 69.8 Å². The number of carbonyl (C=O) groups excluding carboxylic acids is 2. The molecule has 1 aliphatic rings. The third-order valence-electron chi connectivity index (χ3n) is 5.74. The van der Waals surface area contributed by atoms with Crippen LogP contribution in [0.3, 0.4) is 0 Å². The molecule has 160 valence electrons. The molecule has 7 heteroatoms. The number of hydrogen-bond donors (Lipinski definition) is 2. The SMILES string of the molecule is COc1ccc(NC(=O)c2ccco2)cc1NC(=O)C1(c2ccc(Br)cc2)CCCC1. The highest BCUT2D eigenvalue weighted by Gasteiger charge is 2.42. The highest BCUT2D eigenvalue weighted by atomic mass is 79.9. The van der Waals surface area contributed by atoms with E-state index >= 15 is 0 Å². The number of benzene rings is 2. The minimum Gasteiger partial charge on any atom is -0.495 e. The Morgan fingerprint density at radius 2 is 1.77 bits per heavy atom. The van der Waals surface area contributed by atoms with E-state index in [1.807, 2.05) is 24.3 Å². The quantitative estimate of drug-likeness (QED) is 0.468. The van der Waals surface area contributed by atoms with E-state index in [1.165, 1.54) is 6.26 Å². The van der Waals surface area contributed by atoms with Crippen LogP contribution in [0.2, 0.25) is 0 Å². The predicted molar refractivity (Wildman–Crippen MR) is 123 cm³/mol. The summed E-state index contributed by atoms with van der Waals surface area (Å²) in [7, 11) is 1.55. The van der Waals surface area contributed by atoms with Crippen molar-refractivity contribution in [1.82, 2.24) is 0 Å². The van der Waals surface area contributed by atoms with Crippen molar-refractivity contribution in [2.75, 3.05) is 17.7 Å². The van der Waals surface area contributed by atoms with Gasteiger partial charge in [0.1, 0.15) is 5.75 Å². The van der Waals surface area contributed by atoms with Crippen molar-refractivity contribution >= 4 is 39.1 Å². The molecular weight excluding hydrogens is 460 g/mol. The topological polar surface area (TPSA) is 80.6 Å². The summed E-state index contributed by atoms with van der Waals surface area (Å²) in [6.07, 6.45) is 5.02. The molecule has 0 bridgehead atoms. The number of methoxy groups -OCH3 is 1. The molecular formula is C24H23BrN2O4. The van der Waals surface area contributed by atoms with E-state index in [2.05, 4.69) is 26.6 Å². The molecule has 0 radical (unpaired) electrons. The summed E-state index contributed by atoms with van der Waals surface area (Å²) < 4.78 is 11.6. The van der Waals surface area contributed by atoms with Crippen molar-refractivity contribution in [2.24, 2.45) is 0 Å². The van der Waals surface area contributed by atoms with Crippen LogP contribution in [-0.2, 0) is 10.2 Å². The number of hydrogen-bond acceptors (Lipinski definition) is 4. The summed E-state index contributed by atoms with van der Waals surface area (Å²) in [5.41, 5.74) is 1.46. The van der Waals surface area contributed by atoms with Crippen LogP contribution in [0.1, 0.15) is 41.8 Å². The minimum atomic E-state index is -0.584. The number of ether oxygens (including phenoxy) is 1. The van der Waals surface area contributed by atoms with Crippen molar-refractivity contribution in [3.63, 3.8) is 0 Å². The summed E-state index contributed by atoms with van der Waals surface area (Å²) in [6.45, 7) is 0. The first kappa shape index (κ1) is 21.2. The van der Waals surface area contributed by atoms with E-state index in [0.29, 0.717) is 17.1 Å². The maximum absolute atomic E-state index is 13.5. The van der Waals surface area contributed by atoms with E-state index in [1.54, 1.807) is 37.4 Å². The fourth-order valence-corrected chi connectivity index (χ4v) is 4.38. The molecule has 1 aromatic heterocycles. The molecule has 6 nitrogen and oxygen atoms in total. The van der Waals surface area contributed by atoms with E-state index in [9.17, 15) is 9.59 Å². The lowest BCUT2D eigenvalue weighted by Gasteiger charge is -2.29. The van der Waals surface area contributed by atoms with Gasteiger partial charge in [-0.1, -0.05) is 40.9 Å². The zero-order valence-electron chi connectivity index (χ0n) is 17.1. The number of nitrogens with one attached hydrogen (secondary N) is 2. The molecule has 2 amide bonds. The first-order valence-electron chi connectivity index (χ1n) is 10.1. The molecule has 0 aliphatic heterocycles. The van der Waals surface area contributed by atoms with Gasteiger partial charge in [0.2, 0.25) is 5.91 Å². The van der Waals surface area contributed by atoms with Gasteiger partial charge in [0.25, 0.3) is 5.91 Å². The minimum absolute atomic E-state index is 0.0693.